The smallest absolute Gasteiger partial charge is 0.257 e. The Morgan fingerprint density at radius 3 is 2.75 bits per heavy atom. The molecule has 1 aromatic heterocycles. The van der Waals surface area contributed by atoms with E-state index in [4.69, 9.17) is 22.6 Å². The number of nitriles is 1. The summed E-state index contributed by atoms with van der Waals surface area (Å²) in [5.41, 5.74) is 7.30. The van der Waals surface area contributed by atoms with Gasteiger partial charge in [0.2, 0.25) is 0 Å². The first kappa shape index (κ1) is 13.8. The van der Waals surface area contributed by atoms with Gasteiger partial charge < -0.3 is 11.1 Å². The maximum absolute atomic E-state index is 12.1. The number of carbonyl (C=O) groups is 1. The van der Waals surface area contributed by atoms with Gasteiger partial charge in [0.1, 0.15) is 5.82 Å². The predicted octanol–water partition coefficient (Wildman–Crippen LogP) is 2.64. The quantitative estimate of drug-likeness (QED) is 0.907. The Labute approximate surface area is 121 Å². The van der Waals surface area contributed by atoms with Crippen molar-refractivity contribution in [3.05, 3.63) is 52.7 Å². The van der Waals surface area contributed by atoms with E-state index in [9.17, 15) is 4.79 Å². The van der Waals surface area contributed by atoms with Gasteiger partial charge in [-0.05, 0) is 23.8 Å². The molecule has 1 amide bonds. The van der Waals surface area contributed by atoms with Crippen LogP contribution < -0.4 is 11.1 Å². The van der Waals surface area contributed by atoms with Crippen molar-refractivity contribution in [1.82, 2.24) is 4.98 Å². The number of nitrogens with zero attached hydrogens (tertiary/aromatic N) is 2. The van der Waals surface area contributed by atoms with Crippen LogP contribution in [0.15, 0.2) is 36.5 Å². The third kappa shape index (κ3) is 3.25. The molecule has 1 heterocycles. The first-order valence-electron chi connectivity index (χ1n) is 5.78. The number of benzene rings is 1. The molecule has 6 heteroatoms. The second-order valence-corrected chi connectivity index (χ2v) is 4.48. The van der Waals surface area contributed by atoms with Gasteiger partial charge in [0.05, 0.1) is 23.1 Å². The highest BCUT2D eigenvalue weighted by Crippen LogP contribution is 2.18. The molecule has 0 fully saturated rings. The zero-order chi connectivity index (χ0) is 14.5. The first-order valence-corrected chi connectivity index (χ1v) is 6.16. The van der Waals surface area contributed by atoms with Gasteiger partial charge >= 0.3 is 0 Å². The summed E-state index contributed by atoms with van der Waals surface area (Å²) in [6.45, 7) is 0. The highest BCUT2D eigenvalue weighted by Gasteiger charge is 2.11. The molecule has 0 spiro atoms. The lowest BCUT2D eigenvalue weighted by atomic mass is 10.1. The lowest BCUT2D eigenvalue weighted by Crippen LogP contribution is -2.13. The van der Waals surface area contributed by atoms with E-state index in [1.54, 1.807) is 24.3 Å². The Bertz CT molecular complexity index is 677. The molecule has 0 radical (unpaired) electrons. The summed E-state index contributed by atoms with van der Waals surface area (Å²) in [6, 6.07) is 10.5. The topological polar surface area (TPSA) is 91.8 Å². The van der Waals surface area contributed by atoms with E-state index >= 15 is 0 Å². The highest BCUT2D eigenvalue weighted by atomic mass is 35.5. The second kappa shape index (κ2) is 6.04. The summed E-state index contributed by atoms with van der Waals surface area (Å²) in [4.78, 5) is 15.9. The number of hydrogen-bond donors (Lipinski definition) is 2. The number of rotatable bonds is 3. The third-order valence-electron chi connectivity index (χ3n) is 2.62. The molecule has 0 aliphatic heterocycles. The fourth-order valence-electron chi connectivity index (χ4n) is 1.62. The molecule has 2 aromatic rings. The van der Waals surface area contributed by atoms with Gasteiger partial charge in [0, 0.05) is 11.9 Å². The van der Waals surface area contributed by atoms with Crippen molar-refractivity contribution in [2.45, 2.75) is 6.42 Å². The zero-order valence-corrected chi connectivity index (χ0v) is 11.2. The summed E-state index contributed by atoms with van der Waals surface area (Å²) in [5, 5.41) is 11.5. The van der Waals surface area contributed by atoms with Crippen molar-refractivity contribution in [3.63, 3.8) is 0 Å². The standard InChI is InChI=1S/C14H11ClN4O/c15-12-8-18-13(17)7-11(12)14(20)19-10-3-1-9(2-4-10)5-6-16/h1-4,7-8H,5H2,(H2,17,18)(H,19,20). The molecule has 1 aromatic carbocycles. The van der Waals surface area contributed by atoms with Crippen LogP contribution in [-0.2, 0) is 6.42 Å². The molecule has 2 rings (SSSR count). The van der Waals surface area contributed by atoms with Crippen LogP contribution in [0.2, 0.25) is 5.02 Å². The molecule has 20 heavy (non-hydrogen) atoms. The van der Waals surface area contributed by atoms with Gasteiger partial charge in [-0.25, -0.2) is 4.98 Å². The number of nitrogens with one attached hydrogen (secondary N) is 1. The van der Waals surface area contributed by atoms with Gasteiger partial charge in [-0.3, -0.25) is 4.79 Å². The van der Waals surface area contributed by atoms with Crippen LogP contribution in [0.25, 0.3) is 0 Å². The normalized spacial score (nSPS) is 9.80. The molecule has 0 aliphatic rings. The minimum atomic E-state index is -0.364. The van der Waals surface area contributed by atoms with Gasteiger partial charge in [0.15, 0.2) is 0 Å². The molecule has 0 bridgehead atoms. The number of nitrogen functional groups attached to an aromatic ring is 1. The van der Waals surface area contributed by atoms with E-state index in [1.807, 2.05) is 0 Å². The number of nitrogens with two attached hydrogens (primary N) is 1. The number of amides is 1. The molecule has 100 valence electrons. The Morgan fingerprint density at radius 1 is 1.40 bits per heavy atom. The molecule has 0 saturated carbocycles. The Hall–Kier alpha value is -2.58. The van der Waals surface area contributed by atoms with E-state index in [0.29, 0.717) is 12.1 Å². The number of carbonyl (C=O) groups excluding carboxylic acids is 1. The molecule has 0 aliphatic carbocycles. The van der Waals surface area contributed by atoms with Crippen LogP contribution >= 0.6 is 11.6 Å². The SMILES string of the molecule is N#CCc1ccc(NC(=O)c2cc(N)ncc2Cl)cc1. The average molecular weight is 287 g/mol. The minimum Gasteiger partial charge on any atom is -0.384 e. The second-order valence-electron chi connectivity index (χ2n) is 4.07. The van der Waals surface area contributed by atoms with Gasteiger partial charge in [-0.2, -0.15) is 5.26 Å². The number of pyridine rings is 1. The summed E-state index contributed by atoms with van der Waals surface area (Å²) in [6.07, 6.45) is 1.67. The van der Waals surface area contributed by atoms with E-state index in [1.165, 1.54) is 12.3 Å². The maximum Gasteiger partial charge on any atom is 0.257 e. The summed E-state index contributed by atoms with van der Waals surface area (Å²) >= 11 is 5.91. The Balaban J connectivity index is 2.15. The fraction of sp³-hybridized carbons (Fsp3) is 0.0714. The molecule has 0 unspecified atom stereocenters. The molecular formula is C14H11ClN4O. The van der Waals surface area contributed by atoms with Crippen molar-refractivity contribution in [2.24, 2.45) is 0 Å². The molecular weight excluding hydrogens is 276 g/mol. The van der Waals surface area contributed by atoms with Crippen molar-refractivity contribution in [3.8, 4) is 6.07 Å². The maximum atomic E-state index is 12.1. The number of anilines is 2. The number of hydrogen-bond acceptors (Lipinski definition) is 4. The molecule has 0 saturated heterocycles. The lowest BCUT2D eigenvalue weighted by Gasteiger charge is -2.07. The Morgan fingerprint density at radius 2 is 2.10 bits per heavy atom. The Kier molecular flexibility index (Phi) is 4.18. The van der Waals surface area contributed by atoms with E-state index in [-0.39, 0.29) is 22.3 Å². The molecule has 0 atom stereocenters. The zero-order valence-electron chi connectivity index (χ0n) is 10.4. The van der Waals surface area contributed by atoms with Crippen LogP contribution in [-0.4, -0.2) is 10.9 Å². The largest absolute Gasteiger partial charge is 0.384 e. The van der Waals surface area contributed by atoms with Gasteiger partial charge in [-0.1, -0.05) is 23.7 Å². The van der Waals surface area contributed by atoms with Gasteiger partial charge in [-0.15, -0.1) is 0 Å². The van der Waals surface area contributed by atoms with Crippen LogP contribution in [0.4, 0.5) is 11.5 Å². The van der Waals surface area contributed by atoms with Crippen LogP contribution in [0.5, 0.6) is 0 Å². The summed E-state index contributed by atoms with van der Waals surface area (Å²) in [7, 11) is 0. The minimum absolute atomic E-state index is 0.226. The van der Waals surface area contributed by atoms with Crippen molar-refractivity contribution >= 4 is 29.0 Å². The number of halogens is 1. The van der Waals surface area contributed by atoms with Crippen molar-refractivity contribution in [1.29, 1.82) is 5.26 Å². The van der Waals surface area contributed by atoms with Crippen LogP contribution in [0, 0.1) is 11.3 Å². The fourth-order valence-corrected chi connectivity index (χ4v) is 1.81. The van der Waals surface area contributed by atoms with E-state index < -0.39 is 0 Å². The summed E-state index contributed by atoms with van der Waals surface area (Å²) < 4.78 is 0. The third-order valence-corrected chi connectivity index (χ3v) is 2.92. The highest BCUT2D eigenvalue weighted by molar-refractivity contribution is 6.34. The number of aromatic nitrogens is 1. The molecule has 5 nitrogen and oxygen atoms in total. The molecule has 3 N–H and O–H groups in total. The lowest BCUT2D eigenvalue weighted by molar-refractivity contribution is 0.102. The predicted molar refractivity (Wildman–Crippen MR) is 77.4 cm³/mol. The van der Waals surface area contributed by atoms with Crippen LogP contribution in [0.1, 0.15) is 15.9 Å². The first-order chi connectivity index (χ1) is 9.60. The van der Waals surface area contributed by atoms with Crippen molar-refractivity contribution in [2.75, 3.05) is 11.1 Å². The van der Waals surface area contributed by atoms with E-state index in [2.05, 4.69) is 16.4 Å². The van der Waals surface area contributed by atoms with E-state index in [0.717, 1.165) is 5.56 Å². The van der Waals surface area contributed by atoms with Gasteiger partial charge in [0.25, 0.3) is 5.91 Å². The monoisotopic (exact) mass is 286 g/mol. The average Bonchev–Trinajstić information content (AvgIpc) is 2.44. The summed E-state index contributed by atoms with van der Waals surface area (Å²) in [5.74, 6) is -0.138. The van der Waals surface area contributed by atoms with Crippen LogP contribution in [0.3, 0.4) is 0 Å². The van der Waals surface area contributed by atoms with Crippen molar-refractivity contribution < 1.29 is 4.79 Å².